The zero-order chi connectivity index (χ0) is 19.6. The van der Waals surface area contributed by atoms with Crippen LogP contribution < -0.4 is 5.56 Å². The van der Waals surface area contributed by atoms with Crippen molar-refractivity contribution in [3.8, 4) is 17.3 Å². The lowest BCUT2D eigenvalue weighted by Gasteiger charge is -2.16. The van der Waals surface area contributed by atoms with Gasteiger partial charge in [0, 0.05) is 11.3 Å². The van der Waals surface area contributed by atoms with Crippen LogP contribution in [0.5, 0.6) is 0 Å². The van der Waals surface area contributed by atoms with Gasteiger partial charge >= 0.3 is 6.18 Å². The molecule has 0 aliphatic rings. The summed E-state index contributed by atoms with van der Waals surface area (Å²) in [6, 6.07) is 8.94. The number of hydrogen-bond acceptors (Lipinski definition) is 3. The Bertz CT molecular complexity index is 963. The van der Waals surface area contributed by atoms with Gasteiger partial charge in [-0.15, -0.1) is 0 Å². The van der Waals surface area contributed by atoms with E-state index in [1.807, 2.05) is 13.8 Å². The van der Waals surface area contributed by atoms with Crippen LogP contribution in [0.4, 0.5) is 13.2 Å². The lowest BCUT2D eigenvalue weighted by atomic mass is 10.0. The fraction of sp³-hybridized carbons (Fsp3) is 0.316. The van der Waals surface area contributed by atoms with Gasteiger partial charge in [0.25, 0.3) is 5.56 Å². The van der Waals surface area contributed by atoms with E-state index in [1.165, 1.54) is 6.07 Å². The van der Waals surface area contributed by atoms with Crippen LogP contribution in [0.1, 0.15) is 37.5 Å². The lowest BCUT2D eigenvalue weighted by molar-refractivity contribution is -0.137. The maximum atomic E-state index is 13.4. The molecule has 1 aromatic carbocycles. The highest BCUT2D eigenvalue weighted by Crippen LogP contribution is 2.33. The van der Waals surface area contributed by atoms with E-state index in [2.05, 4.69) is 5.10 Å². The van der Waals surface area contributed by atoms with E-state index in [4.69, 9.17) is 5.26 Å². The molecule has 1 aromatic heterocycles. The van der Waals surface area contributed by atoms with Gasteiger partial charge in [-0.1, -0.05) is 37.6 Å². The number of alkyl halides is 3. The van der Waals surface area contributed by atoms with Crippen molar-refractivity contribution in [1.29, 1.82) is 5.26 Å². The highest BCUT2D eigenvalue weighted by Gasteiger charge is 2.36. The number of nitriles is 1. The van der Waals surface area contributed by atoms with Crippen molar-refractivity contribution in [3.63, 3.8) is 0 Å². The summed E-state index contributed by atoms with van der Waals surface area (Å²) in [5.74, 6) is -0.0138. The van der Waals surface area contributed by atoms with Gasteiger partial charge in [0.1, 0.15) is 11.6 Å². The minimum absolute atomic E-state index is 0.00924. The molecule has 0 unspecified atom stereocenters. The first-order valence-electron chi connectivity index (χ1n) is 7.96. The second-order valence-electron chi connectivity index (χ2n) is 6.31. The summed E-state index contributed by atoms with van der Waals surface area (Å²) < 4.78 is 41.0. The van der Waals surface area contributed by atoms with Gasteiger partial charge in [0.05, 0.1) is 11.3 Å². The topological polar surface area (TPSA) is 58.1 Å². The third-order valence-electron chi connectivity index (χ3n) is 4.01. The van der Waals surface area contributed by atoms with Gasteiger partial charge < -0.3 is 0 Å². The normalized spacial score (nSPS) is 12.3. The summed E-state index contributed by atoms with van der Waals surface area (Å²) in [5.41, 5.74) is -1.51. The first kappa shape index (κ1) is 19.4. The number of pyridine rings is 1. The molecule has 4 nitrogen and oxygen atoms in total. The molecule has 0 saturated heterocycles. The Morgan fingerprint density at radius 1 is 1.27 bits per heavy atom. The summed E-state index contributed by atoms with van der Waals surface area (Å²) >= 11 is 0. The average Bonchev–Trinajstić information content (AvgIpc) is 2.54. The summed E-state index contributed by atoms with van der Waals surface area (Å²) in [5, 5.41) is 13.3. The highest BCUT2D eigenvalue weighted by molar-refractivity contribution is 5.84. The molecule has 26 heavy (non-hydrogen) atoms. The number of benzene rings is 1. The van der Waals surface area contributed by atoms with Gasteiger partial charge in [0.2, 0.25) is 0 Å². The van der Waals surface area contributed by atoms with Crippen molar-refractivity contribution in [2.75, 3.05) is 0 Å². The second kappa shape index (κ2) is 7.16. The van der Waals surface area contributed by atoms with Crippen LogP contribution in [0.2, 0.25) is 0 Å². The van der Waals surface area contributed by atoms with Crippen molar-refractivity contribution < 1.29 is 13.2 Å². The predicted octanol–water partition coefficient (Wildman–Crippen LogP) is 4.59. The highest BCUT2D eigenvalue weighted by atomic mass is 19.4. The van der Waals surface area contributed by atoms with Crippen molar-refractivity contribution in [2.45, 2.75) is 33.9 Å². The maximum Gasteiger partial charge on any atom is 0.417 e. The van der Waals surface area contributed by atoms with Gasteiger partial charge in [-0.05, 0) is 31.9 Å². The van der Waals surface area contributed by atoms with Crippen LogP contribution in [0, 0.1) is 24.2 Å². The summed E-state index contributed by atoms with van der Waals surface area (Å²) in [6.07, 6.45) is -4.82. The summed E-state index contributed by atoms with van der Waals surface area (Å²) in [7, 11) is 0. The lowest BCUT2D eigenvalue weighted by Crippen LogP contribution is -2.27. The third-order valence-corrected chi connectivity index (χ3v) is 4.01. The van der Waals surface area contributed by atoms with E-state index in [9.17, 15) is 18.0 Å². The molecule has 0 bridgehead atoms. The Morgan fingerprint density at radius 3 is 2.42 bits per heavy atom. The van der Waals surface area contributed by atoms with E-state index >= 15 is 0 Å². The van der Waals surface area contributed by atoms with E-state index < -0.39 is 22.9 Å². The monoisotopic (exact) mass is 361 g/mol. The van der Waals surface area contributed by atoms with Gasteiger partial charge in [-0.25, -0.2) is 0 Å². The Labute approximate surface area is 149 Å². The number of halogens is 3. The number of aromatic nitrogens is 1. The molecule has 1 heterocycles. The van der Waals surface area contributed by atoms with Crippen LogP contribution in [-0.2, 0) is 6.18 Å². The first-order valence-corrected chi connectivity index (χ1v) is 7.96. The smallest absolute Gasteiger partial charge is 0.266 e. The van der Waals surface area contributed by atoms with Crippen LogP contribution in [0.3, 0.4) is 0 Å². The van der Waals surface area contributed by atoms with E-state index in [1.54, 1.807) is 38.1 Å². The first-order chi connectivity index (χ1) is 12.1. The van der Waals surface area contributed by atoms with E-state index in [-0.39, 0.29) is 11.6 Å². The number of aryl methyl sites for hydroxylation is 1. The number of nitrogens with zero attached hydrogens (tertiary/aromatic N) is 3. The third kappa shape index (κ3) is 3.85. The molecule has 2 aromatic rings. The quantitative estimate of drug-likeness (QED) is 0.751. The van der Waals surface area contributed by atoms with Crippen molar-refractivity contribution in [3.05, 3.63) is 57.4 Å². The van der Waals surface area contributed by atoms with Crippen LogP contribution in [-0.4, -0.2) is 10.4 Å². The Hall–Kier alpha value is -2.88. The van der Waals surface area contributed by atoms with Gasteiger partial charge in [0.15, 0.2) is 0 Å². The molecular weight excluding hydrogens is 343 g/mol. The van der Waals surface area contributed by atoms with Crippen LogP contribution in [0.25, 0.3) is 11.3 Å². The van der Waals surface area contributed by atoms with E-state index in [0.717, 1.165) is 16.3 Å². The van der Waals surface area contributed by atoms with Crippen LogP contribution >= 0.6 is 0 Å². The molecule has 0 spiro atoms. The number of hydrogen-bond donors (Lipinski definition) is 0. The molecule has 0 aliphatic heterocycles. The molecule has 0 fully saturated rings. The summed E-state index contributed by atoms with van der Waals surface area (Å²) in [6.45, 7) is 7.18. The molecule has 0 N–H and O–H groups in total. The van der Waals surface area contributed by atoms with Crippen molar-refractivity contribution in [2.24, 2.45) is 11.0 Å². The van der Waals surface area contributed by atoms with Gasteiger partial charge in [-0.3, -0.25) is 4.79 Å². The van der Waals surface area contributed by atoms with Gasteiger partial charge in [-0.2, -0.15) is 28.2 Å². The summed E-state index contributed by atoms with van der Waals surface area (Å²) in [4.78, 5) is 12.6. The molecule has 7 heteroatoms. The minimum atomic E-state index is -4.82. The Morgan fingerprint density at radius 2 is 1.92 bits per heavy atom. The van der Waals surface area contributed by atoms with E-state index in [0.29, 0.717) is 11.3 Å². The molecule has 0 aliphatic carbocycles. The molecule has 0 atom stereocenters. The molecule has 0 amide bonds. The zero-order valence-electron chi connectivity index (χ0n) is 14.8. The Kier molecular flexibility index (Phi) is 5.36. The maximum absolute atomic E-state index is 13.4. The largest absolute Gasteiger partial charge is 0.417 e. The molecule has 136 valence electrons. The molecule has 0 saturated carbocycles. The minimum Gasteiger partial charge on any atom is -0.266 e. The fourth-order valence-corrected chi connectivity index (χ4v) is 2.31. The SMILES string of the molecule is C/C(=N\n1c(-c2cccc(C)c2)cc(C(F)(F)F)c(C#N)c1=O)C(C)C. The zero-order valence-corrected chi connectivity index (χ0v) is 14.8. The number of rotatable bonds is 3. The Balaban J connectivity index is 2.96. The second-order valence-corrected chi connectivity index (χ2v) is 6.31. The van der Waals surface area contributed by atoms with Crippen molar-refractivity contribution in [1.82, 2.24) is 4.68 Å². The standard InChI is InChI=1S/C19H18F3N3O/c1-11(2)13(4)24-25-17(14-7-5-6-12(3)8-14)9-16(19(20,21)22)15(10-23)18(25)26/h5-9,11H,1-4H3/b24-13+. The fourth-order valence-electron chi connectivity index (χ4n) is 2.31. The van der Waals surface area contributed by atoms with Crippen LogP contribution in [0.15, 0.2) is 40.2 Å². The predicted molar refractivity (Wildman–Crippen MR) is 93.9 cm³/mol. The average molecular weight is 361 g/mol. The molecule has 2 rings (SSSR count). The molecule has 0 radical (unpaired) electrons. The van der Waals surface area contributed by atoms with Crippen molar-refractivity contribution >= 4 is 5.71 Å². The molecular formula is C19H18F3N3O.